The van der Waals surface area contributed by atoms with Gasteiger partial charge in [0.15, 0.2) is 0 Å². The molecule has 1 aliphatic heterocycles. The highest BCUT2D eigenvalue weighted by molar-refractivity contribution is 6.13. The third-order valence-electron chi connectivity index (χ3n) is 8.00. The van der Waals surface area contributed by atoms with Crippen LogP contribution in [0.5, 0.6) is 0 Å². The highest BCUT2D eigenvalue weighted by Crippen LogP contribution is 2.50. The van der Waals surface area contributed by atoms with Crippen LogP contribution in [-0.4, -0.2) is 9.97 Å². The molecule has 0 atom stereocenters. The first-order valence-corrected chi connectivity index (χ1v) is 13.4. The van der Waals surface area contributed by atoms with Gasteiger partial charge >= 0.3 is 0 Å². The van der Waals surface area contributed by atoms with Crippen LogP contribution in [-0.2, 0) is 0 Å². The van der Waals surface area contributed by atoms with Crippen LogP contribution in [0.1, 0.15) is 0 Å². The number of hydrogen-bond acceptors (Lipinski definition) is 4. The van der Waals surface area contributed by atoms with Crippen LogP contribution in [0.3, 0.4) is 0 Å². The van der Waals surface area contributed by atoms with Gasteiger partial charge in [0.2, 0.25) is 5.95 Å². The lowest BCUT2D eigenvalue weighted by Gasteiger charge is -2.32. The Morgan fingerprint density at radius 2 is 1.25 bits per heavy atom. The van der Waals surface area contributed by atoms with Gasteiger partial charge in [0.25, 0.3) is 0 Å². The zero-order valence-corrected chi connectivity index (χ0v) is 21.4. The number of nitrogens with zero attached hydrogens (tertiary/aromatic N) is 3. The number of benzene rings is 6. The van der Waals surface area contributed by atoms with E-state index in [2.05, 4.69) is 95.9 Å². The predicted octanol–water partition coefficient (Wildman–Crippen LogP) is 9.80. The van der Waals surface area contributed by atoms with Gasteiger partial charge < -0.3 is 4.42 Å². The fourth-order valence-corrected chi connectivity index (χ4v) is 6.23. The van der Waals surface area contributed by atoms with Crippen LogP contribution in [0.15, 0.2) is 132 Å². The summed E-state index contributed by atoms with van der Waals surface area (Å²) in [7, 11) is 0. The molecule has 4 nitrogen and oxygen atoms in total. The second kappa shape index (κ2) is 8.01. The first-order chi connectivity index (χ1) is 19.8. The summed E-state index contributed by atoms with van der Waals surface area (Å²) in [5.41, 5.74) is 9.17. The normalized spacial score (nSPS) is 12.4. The van der Waals surface area contributed by atoms with Crippen molar-refractivity contribution in [2.24, 2.45) is 0 Å². The Morgan fingerprint density at radius 3 is 2.20 bits per heavy atom. The Bertz CT molecular complexity index is 2290. The first-order valence-electron chi connectivity index (χ1n) is 13.4. The third-order valence-corrected chi connectivity index (χ3v) is 8.00. The van der Waals surface area contributed by atoms with Crippen molar-refractivity contribution in [2.75, 3.05) is 4.90 Å². The maximum atomic E-state index is 6.11. The molecular weight excluding hydrogens is 490 g/mol. The van der Waals surface area contributed by atoms with Crippen LogP contribution in [0.25, 0.3) is 66.0 Å². The fourth-order valence-electron chi connectivity index (χ4n) is 6.23. The molecule has 0 saturated carbocycles. The van der Waals surface area contributed by atoms with E-state index >= 15 is 0 Å². The highest BCUT2D eigenvalue weighted by Gasteiger charge is 2.28. The lowest BCUT2D eigenvalue weighted by molar-refractivity contribution is 0.669. The van der Waals surface area contributed by atoms with E-state index in [1.165, 1.54) is 21.9 Å². The molecule has 2 aromatic heterocycles. The van der Waals surface area contributed by atoms with E-state index in [0.29, 0.717) is 5.95 Å². The van der Waals surface area contributed by atoms with Gasteiger partial charge in [0.1, 0.15) is 11.2 Å². The molecule has 8 aromatic rings. The number of furan rings is 1. The van der Waals surface area contributed by atoms with Crippen LogP contribution in [0.2, 0.25) is 0 Å². The van der Waals surface area contributed by atoms with E-state index < -0.39 is 0 Å². The van der Waals surface area contributed by atoms with Gasteiger partial charge in [0, 0.05) is 32.7 Å². The molecule has 40 heavy (non-hydrogen) atoms. The quantitative estimate of drug-likeness (QED) is 0.232. The Labute approximate surface area is 229 Å². The average Bonchev–Trinajstić information content (AvgIpc) is 3.39. The Hall–Kier alpha value is -5.48. The van der Waals surface area contributed by atoms with Gasteiger partial charge in [-0.25, -0.2) is 9.97 Å². The van der Waals surface area contributed by atoms with Gasteiger partial charge in [-0.1, -0.05) is 84.9 Å². The monoisotopic (exact) mass is 511 g/mol. The number of aromatic nitrogens is 2. The standard InChI is InChI=1S/C36H21N3O/c1-4-15-29-27(13-1)35(23-19-20-33-28(21-23)25-12-3-6-18-32(25)40-33)38-36(37-29)39-30-16-5-2-11-24(30)26-14-7-9-22-10-8-17-31(39)34(22)26/h1-21H. The Morgan fingerprint density at radius 1 is 0.525 bits per heavy atom. The summed E-state index contributed by atoms with van der Waals surface area (Å²) in [5, 5.41) is 5.62. The molecule has 0 spiro atoms. The lowest BCUT2D eigenvalue weighted by Crippen LogP contribution is -2.18. The van der Waals surface area contributed by atoms with E-state index in [0.717, 1.165) is 55.5 Å². The van der Waals surface area contributed by atoms with E-state index in [-0.39, 0.29) is 0 Å². The van der Waals surface area contributed by atoms with Crippen molar-refractivity contribution in [3.05, 3.63) is 127 Å². The fraction of sp³-hybridized carbons (Fsp3) is 0. The van der Waals surface area contributed by atoms with Crippen molar-refractivity contribution < 1.29 is 4.42 Å². The maximum Gasteiger partial charge on any atom is 0.235 e. The van der Waals surface area contributed by atoms with Gasteiger partial charge in [-0.2, -0.15) is 0 Å². The number of para-hydroxylation sites is 3. The predicted molar refractivity (Wildman–Crippen MR) is 163 cm³/mol. The molecule has 0 aliphatic carbocycles. The van der Waals surface area contributed by atoms with Gasteiger partial charge in [-0.3, -0.25) is 4.90 Å². The molecule has 0 saturated heterocycles. The minimum absolute atomic E-state index is 0.653. The zero-order valence-electron chi connectivity index (χ0n) is 21.4. The molecule has 3 heterocycles. The molecule has 0 radical (unpaired) electrons. The van der Waals surface area contributed by atoms with Gasteiger partial charge in [0.05, 0.1) is 22.6 Å². The molecule has 9 rings (SSSR count). The number of hydrogen-bond donors (Lipinski definition) is 0. The second-order valence-corrected chi connectivity index (χ2v) is 10.2. The van der Waals surface area contributed by atoms with Crippen molar-refractivity contribution in [3.8, 4) is 22.4 Å². The van der Waals surface area contributed by atoms with E-state index in [9.17, 15) is 0 Å². The van der Waals surface area contributed by atoms with Crippen LogP contribution in [0, 0.1) is 0 Å². The molecule has 1 aliphatic rings. The lowest BCUT2D eigenvalue weighted by atomic mass is 9.91. The molecule has 0 unspecified atom stereocenters. The van der Waals surface area contributed by atoms with Gasteiger partial charge in [-0.15, -0.1) is 0 Å². The summed E-state index contributed by atoms with van der Waals surface area (Å²) in [6.07, 6.45) is 0. The average molecular weight is 512 g/mol. The van der Waals surface area contributed by atoms with Gasteiger partial charge in [-0.05, 0) is 53.4 Å². The number of anilines is 3. The first kappa shape index (κ1) is 21.5. The molecule has 6 aromatic carbocycles. The van der Waals surface area contributed by atoms with Crippen LogP contribution in [0.4, 0.5) is 17.3 Å². The summed E-state index contributed by atoms with van der Waals surface area (Å²) in [6, 6.07) is 44.3. The summed E-state index contributed by atoms with van der Waals surface area (Å²) >= 11 is 0. The van der Waals surface area contributed by atoms with Crippen molar-refractivity contribution in [3.63, 3.8) is 0 Å². The molecular formula is C36H21N3O. The molecule has 0 bridgehead atoms. The third kappa shape index (κ3) is 2.96. The largest absolute Gasteiger partial charge is 0.456 e. The maximum absolute atomic E-state index is 6.11. The summed E-state index contributed by atoms with van der Waals surface area (Å²) in [4.78, 5) is 12.7. The number of rotatable bonds is 2. The van der Waals surface area contributed by atoms with Crippen molar-refractivity contribution in [1.29, 1.82) is 0 Å². The zero-order chi connectivity index (χ0) is 26.2. The molecule has 0 fully saturated rings. The summed E-state index contributed by atoms with van der Waals surface area (Å²) < 4.78 is 6.11. The van der Waals surface area contributed by atoms with Crippen LogP contribution >= 0.6 is 0 Å². The topological polar surface area (TPSA) is 42.2 Å². The van der Waals surface area contributed by atoms with Crippen molar-refractivity contribution >= 4 is 60.9 Å². The smallest absolute Gasteiger partial charge is 0.235 e. The molecule has 4 heteroatoms. The minimum Gasteiger partial charge on any atom is -0.456 e. The van der Waals surface area contributed by atoms with Crippen molar-refractivity contribution in [1.82, 2.24) is 9.97 Å². The SMILES string of the molecule is c1ccc2c(c1)-c1cccc3cccc(c13)N2c1nc(-c2ccc3oc4ccccc4c3c2)c2ccccc2n1. The highest BCUT2D eigenvalue weighted by atomic mass is 16.3. The van der Waals surface area contributed by atoms with E-state index in [4.69, 9.17) is 14.4 Å². The Balaban J connectivity index is 1.34. The van der Waals surface area contributed by atoms with E-state index in [1.807, 2.05) is 36.4 Å². The molecule has 0 N–H and O–H groups in total. The second-order valence-electron chi connectivity index (χ2n) is 10.2. The molecule has 0 amide bonds. The summed E-state index contributed by atoms with van der Waals surface area (Å²) in [6.45, 7) is 0. The van der Waals surface area contributed by atoms with E-state index in [1.54, 1.807) is 0 Å². The summed E-state index contributed by atoms with van der Waals surface area (Å²) in [5.74, 6) is 0.653. The minimum atomic E-state index is 0.653. The van der Waals surface area contributed by atoms with Crippen LogP contribution < -0.4 is 4.90 Å². The van der Waals surface area contributed by atoms with Crippen molar-refractivity contribution in [2.45, 2.75) is 0 Å². The number of fused-ring (bicyclic) bond motifs is 6. The Kier molecular flexibility index (Phi) is 4.30. The molecule has 186 valence electrons.